The van der Waals surface area contributed by atoms with Crippen LogP contribution in [0.5, 0.6) is 0 Å². The quantitative estimate of drug-likeness (QED) is 0.603. The fourth-order valence-electron chi connectivity index (χ4n) is 0.648. The summed E-state index contributed by atoms with van der Waals surface area (Å²) in [6.45, 7) is 7.77. The molecule has 0 aliphatic carbocycles. The highest BCUT2D eigenvalue weighted by Crippen LogP contribution is 2.06. The molecule has 1 unspecified atom stereocenters. The standard InChI is InChI=1S/C8H19NO2/c1-6(2)7(3)9-8(4,10)11-5/h6-7,9-10H,1-5H3/t7-,8?/m1/s1. The molecule has 0 aliphatic rings. The molecule has 0 aliphatic heterocycles. The summed E-state index contributed by atoms with van der Waals surface area (Å²) < 4.78 is 4.80. The number of methoxy groups -OCH3 is 1. The van der Waals surface area contributed by atoms with Crippen molar-refractivity contribution in [3.63, 3.8) is 0 Å². The lowest BCUT2D eigenvalue weighted by molar-refractivity contribution is -0.200. The summed E-state index contributed by atoms with van der Waals surface area (Å²) >= 11 is 0. The van der Waals surface area contributed by atoms with E-state index in [1.165, 1.54) is 7.11 Å². The molecule has 0 heterocycles. The molecule has 0 aromatic heterocycles. The molecular formula is C8H19NO2. The van der Waals surface area contributed by atoms with Crippen LogP contribution < -0.4 is 5.32 Å². The van der Waals surface area contributed by atoms with E-state index in [-0.39, 0.29) is 6.04 Å². The molecule has 0 saturated heterocycles. The lowest BCUT2D eigenvalue weighted by Gasteiger charge is -2.28. The zero-order valence-electron chi connectivity index (χ0n) is 8.01. The van der Waals surface area contributed by atoms with Crippen molar-refractivity contribution in [3.05, 3.63) is 0 Å². The second kappa shape index (κ2) is 4.04. The molecule has 0 aromatic carbocycles. The van der Waals surface area contributed by atoms with Crippen molar-refractivity contribution in [2.45, 2.75) is 39.6 Å². The Morgan fingerprint density at radius 2 is 1.82 bits per heavy atom. The predicted octanol–water partition coefficient (Wildman–Crippen LogP) is 0.933. The molecule has 0 radical (unpaired) electrons. The molecular weight excluding hydrogens is 142 g/mol. The van der Waals surface area contributed by atoms with Gasteiger partial charge in [-0.25, -0.2) is 0 Å². The van der Waals surface area contributed by atoms with Gasteiger partial charge in [0.05, 0.1) is 0 Å². The molecule has 11 heavy (non-hydrogen) atoms. The first kappa shape index (κ1) is 10.9. The Hall–Kier alpha value is -0.120. The summed E-state index contributed by atoms with van der Waals surface area (Å²) in [7, 11) is 1.47. The minimum atomic E-state index is -1.20. The monoisotopic (exact) mass is 161 g/mol. The van der Waals surface area contributed by atoms with Crippen LogP contribution in [0.3, 0.4) is 0 Å². The molecule has 3 nitrogen and oxygen atoms in total. The number of hydrogen-bond donors (Lipinski definition) is 2. The van der Waals surface area contributed by atoms with Crippen LogP contribution in [0.1, 0.15) is 27.7 Å². The van der Waals surface area contributed by atoms with E-state index in [0.29, 0.717) is 5.92 Å². The minimum Gasteiger partial charge on any atom is -0.354 e. The van der Waals surface area contributed by atoms with Gasteiger partial charge in [0.2, 0.25) is 5.91 Å². The van der Waals surface area contributed by atoms with Gasteiger partial charge in [-0.2, -0.15) is 0 Å². The van der Waals surface area contributed by atoms with Crippen LogP contribution in [0, 0.1) is 5.92 Å². The van der Waals surface area contributed by atoms with Gasteiger partial charge in [0, 0.05) is 20.1 Å². The van der Waals surface area contributed by atoms with Gasteiger partial charge in [-0.05, 0) is 12.8 Å². The first-order chi connectivity index (χ1) is 4.89. The van der Waals surface area contributed by atoms with E-state index in [0.717, 1.165) is 0 Å². The van der Waals surface area contributed by atoms with Crippen LogP contribution >= 0.6 is 0 Å². The van der Waals surface area contributed by atoms with Crippen molar-refractivity contribution >= 4 is 0 Å². The lowest BCUT2D eigenvalue weighted by atomic mass is 10.1. The Morgan fingerprint density at radius 3 is 2.09 bits per heavy atom. The Labute approximate surface area is 68.8 Å². The second-order valence-corrected chi connectivity index (χ2v) is 3.36. The van der Waals surface area contributed by atoms with Gasteiger partial charge in [0.25, 0.3) is 0 Å². The molecule has 2 atom stereocenters. The minimum absolute atomic E-state index is 0.241. The third kappa shape index (κ3) is 4.35. The average Bonchev–Trinajstić information content (AvgIpc) is 1.87. The molecule has 0 amide bonds. The van der Waals surface area contributed by atoms with Gasteiger partial charge in [0.1, 0.15) is 0 Å². The van der Waals surface area contributed by atoms with Crippen molar-refractivity contribution < 1.29 is 9.84 Å². The van der Waals surface area contributed by atoms with E-state index in [2.05, 4.69) is 19.2 Å². The normalized spacial score (nSPS) is 19.9. The summed E-state index contributed by atoms with van der Waals surface area (Å²) in [5.74, 6) is -0.722. The Bertz CT molecular complexity index is 113. The van der Waals surface area contributed by atoms with E-state index in [9.17, 15) is 5.11 Å². The number of nitrogens with one attached hydrogen (secondary N) is 1. The molecule has 68 valence electrons. The Morgan fingerprint density at radius 1 is 1.36 bits per heavy atom. The Balaban J connectivity index is 3.83. The van der Waals surface area contributed by atoms with Crippen LogP contribution in [-0.4, -0.2) is 24.2 Å². The van der Waals surface area contributed by atoms with E-state index in [1.807, 2.05) is 6.92 Å². The smallest absolute Gasteiger partial charge is 0.221 e. The highest BCUT2D eigenvalue weighted by Gasteiger charge is 2.22. The van der Waals surface area contributed by atoms with E-state index in [1.54, 1.807) is 6.92 Å². The predicted molar refractivity (Wildman–Crippen MR) is 45.1 cm³/mol. The van der Waals surface area contributed by atoms with E-state index < -0.39 is 5.91 Å². The van der Waals surface area contributed by atoms with Gasteiger partial charge in [-0.3, -0.25) is 5.32 Å². The number of aliphatic hydroxyl groups is 1. The highest BCUT2D eigenvalue weighted by molar-refractivity contribution is 4.68. The third-order valence-corrected chi connectivity index (χ3v) is 1.89. The molecule has 0 saturated carbocycles. The molecule has 2 N–H and O–H groups in total. The van der Waals surface area contributed by atoms with Crippen LogP contribution in [0.4, 0.5) is 0 Å². The fourth-order valence-corrected chi connectivity index (χ4v) is 0.648. The molecule has 0 rings (SSSR count). The van der Waals surface area contributed by atoms with E-state index in [4.69, 9.17) is 4.74 Å². The van der Waals surface area contributed by atoms with Gasteiger partial charge < -0.3 is 9.84 Å². The third-order valence-electron chi connectivity index (χ3n) is 1.89. The maximum absolute atomic E-state index is 9.41. The van der Waals surface area contributed by atoms with Gasteiger partial charge in [-0.15, -0.1) is 0 Å². The molecule has 3 heteroatoms. The fraction of sp³-hybridized carbons (Fsp3) is 1.00. The van der Waals surface area contributed by atoms with E-state index >= 15 is 0 Å². The molecule has 0 aromatic rings. The van der Waals surface area contributed by atoms with Crippen molar-refractivity contribution in [1.82, 2.24) is 5.32 Å². The number of ether oxygens (including phenoxy) is 1. The SMILES string of the molecule is COC(C)(O)N[C@H](C)C(C)C. The van der Waals surface area contributed by atoms with Crippen LogP contribution in [0.2, 0.25) is 0 Å². The van der Waals surface area contributed by atoms with Gasteiger partial charge in [0.15, 0.2) is 0 Å². The largest absolute Gasteiger partial charge is 0.354 e. The zero-order valence-corrected chi connectivity index (χ0v) is 8.01. The number of hydrogen-bond acceptors (Lipinski definition) is 3. The highest BCUT2D eigenvalue weighted by atomic mass is 16.6. The van der Waals surface area contributed by atoms with Crippen molar-refractivity contribution in [1.29, 1.82) is 0 Å². The van der Waals surface area contributed by atoms with Crippen LogP contribution in [0.25, 0.3) is 0 Å². The van der Waals surface area contributed by atoms with Gasteiger partial charge in [-0.1, -0.05) is 13.8 Å². The zero-order chi connectivity index (χ0) is 9.07. The van der Waals surface area contributed by atoms with Crippen molar-refractivity contribution in [3.8, 4) is 0 Å². The second-order valence-electron chi connectivity index (χ2n) is 3.36. The molecule has 0 spiro atoms. The molecule has 0 bridgehead atoms. The summed E-state index contributed by atoms with van der Waals surface area (Å²) in [4.78, 5) is 0. The first-order valence-corrected chi connectivity index (χ1v) is 3.94. The topological polar surface area (TPSA) is 41.5 Å². The first-order valence-electron chi connectivity index (χ1n) is 3.94. The number of rotatable bonds is 4. The summed E-state index contributed by atoms with van der Waals surface area (Å²) in [5, 5.41) is 12.3. The molecule has 0 fully saturated rings. The van der Waals surface area contributed by atoms with Crippen LogP contribution in [0.15, 0.2) is 0 Å². The average molecular weight is 161 g/mol. The van der Waals surface area contributed by atoms with Crippen molar-refractivity contribution in [2.24, 2.45) is 5.92 Å². The summed E-state index contributed by atoms with van der Waals surface area (Å²) in [5.41, 5.74) is 0. The maximum atomic E-state index is 9.41. The van der Waals surface area contributed by atoms with Crippen LogP contribution in [-0.2, 0) is 4.74 Å². The van der Waals surface area contributed by atoms with Crippen molar-refractivity contribution in [2.75, 3.05) is 7.11 Å². The lowest BCUT2D eigenvalue weighted by Crippen LogP contribution is -2.50. The Kier molecular flexibility index (Phi) is 4.00. The summed E-state index contributed by atoms with van der Waals surface area (Å²) in [6, 6.07) is 0.241. The maximum Gasteiger partial charge on any atom is 0.221 e. The summed E-state index contributed by atoms with van der Waals surface area (Å²) in [6.07, 6.45) is 0. The van der Waals surface area contributed by atoms with Gasteiger partial charge >= 0.3 is 0 Å².